The zero-order valence-electron chi connectivity index (χ0n) is 6.79. The Bertz CT molecular complexity index is 207. The number of rotatable bonds is 1. The third kappa shape index (κ3) is 1.30. The molecule has 0 spiro atoms. The lowest BCUT2D eigenvalue weighted by Crippen LogP contribution is -2.39. The standard InChI is InChI=1S/C8H12N2O/c1-4-6(2)10-7(3)5-9-8(10)11/h1,6-7H,5H2,2-3H3,(H,9,11). The molecule has 0 bridgehead atoms. The van der Waals surface area contributed by atoms with E-state index in [-0.39, 0.29) is 18.1 Å². The van der Waals surface area contributed by atoms with Gasteiger partial charge in [0.1, 0.15) is 0 Å². The van der Waals surface area contributed by atoms with Gasteiger partial charge >= 0.3 is 6.03 Å². The van der Waals surface area contributed by atoms with Crippen LogP contribution < -0.4 is 5.32 Å². The fraction of sp³-hybridized carbons (Fsp3) is 0.625. The first-order valence-corrected chi connectivity index (χ1v) is 3.69. The SMILES string of the molecule is C#CC(C)N1C(=O)NCC1C. The molecule has 2 unspecified atom stereocenters. The first-order chi connectivity index (χ1) is 5.16. The van der Waals surface area contributed by atoms with E-state index in [4.69, 9.17) is 6.42 Å². The van der Waals surface area contributed by atoms with Crippen molar-refractivity contribution in [1.82, 2.24) is 10.2 Å². The van der Waals surface area contributed by atoms with Gasteiger partial charge in [0.15, 0.2) is 0 Å². The summed E-state index contributed by atoms with van der Waals surface area (Å²) in [6, 6.07) is 0.0593. The molecule has 1 saturated heterocycles. The Morgan fingerprint density at radius 2 is 2.55 bits per heavy atom. The molecule has 1 fully saturated rings. The molecule has 2 atom stereocenters. The molecule has 1 aliphatic heterocycles. The lowest BCUT2D eigenvalue weighted by Gasteiger charge is -2.22. The zero-order valence-corrected chi connectivity index (χ0v) is 6.79. The summed E-state index contributed by atoms with van der Waals surface area (Å²) in [6.07, 6.45) is 5.20. The minimum absolute atomic E-state index is 0.0528. The van der Waals surface area contributed by atoms with Crippen molar-refractivity contribution in [3.8, 4) is 12.3 Å². The van der Waals surface area contributed by atoms with E-state index in [2.05, 4.69) is 11.2 Å². The van der Waals surface area contributed by atoms with Crippen molar-refractivity contribution in [2.45, 2.75) is 25.9 Å². The Labute approximate surface area is 66.8 Å². The molecule has 0 aromatic rings. The number of amides is 2. The van der Waals surface area contributed by atoms with E-state index in [1.54, 1.807) is 4.90 Å². The summed E-state index contributed by atoms with van der Waals surface area (Å²) in [7, 11) is 0. The highest BCUT2D eigenvalue weighted by molar-refractivity contribution is 5.77. The van der Waals surface area contributed by atoms with Crippen LogP contribution in [-0.4, -0.2) is 29.6 Å². The Morgan fingerprint density at radius 1 is 1.91 bits per heavy atom. The van der Waals surface area contributed by atoms with E-state index in [1.807, 2.05) is 13.8 Å². The van der Waals surface area contributed by atoms with Crippen LogP contribution in [0, 0.1) is 12.3 Å². The summed E-state index contributed by atoms with van der Waals surface area (Å²) in [5.74, 6) is 2.53. The molecule has 2 amide bonds. The van der Waals surface area contributed by atoms with Crippen molar-refractivity contribution in [3.05, 3.63) is 0 Å². The zero-order chi connectivity index (χ0) is 8.43. The highest BCUT2D eigenvalue weighted by atomic mass is 16.2. The predicted octanol–water partition coefficient (Wildman–Crippen LogP) is 0.422. The third-order valence-corrected chi connectivity index (χ3v) is 1.92. The van der Waals surface area contributed by atoms with E-state index in [0.717, 1.165) is 0 Å². The maximum absolute atomic E-state index is 11.1. The van der Waals surface area contributed by atoms with E-state index in [9.17, 15) is 4.79 Å². The van der Waals surface area contributed by atoms with E-state index >= 15 is 0 Å². The first kappa shape index (κ1) is 7.93. The van der Waals surface area contributed by atoms with Crippen LogP contribution in [0.15, 0.2) is 0 Å². The topological polar surface area (TPSA) is 32.3 Å². The van der Waals surface area contributed by atoms with E-state index < -0.39 is 0 Å². The van der Waals surface area contributed by atoms with Crippen LogP contribution >= 0.6 is 0 Å². The average molecular weight is 152 g/mol. The molecule has 0 saturated carbocycles. The molecule has 60 valence electrons. The van der Waals surface area contributed by atoms with Crippen LogP contribution in [0.2, 0.25) is 0 Å². The van der Waals surface area contributed by atoms with Gasteiger partial charge in [-0.3, -0.25) is 0 Å². The number of urea groups is 1. The van der Waals surface area contributed by atoms with Crippen molar-refractivity contribution < 1.29 is 4.79 Å². The van der Waals surface area contributed by atoms with Crippen LogP contribution in [0.5, 0.6) is 0 Å². The Hall–Kier alpha value is -1.17. The maximum atomic E-state index is 11.1. The number of carbonyl (C=O) groups excluding carboxylic acids is 1. The molecule has 11 heavy (non-hydrogen) atoms. The highest BCUT2D eigenvalue weighted by Gasteiger charge is 2.29. The van der Waals surface area contributed by atoms with Crippen molar-refractivity contribution in [3.63, 3.8) is 0 Å². The van der Waals surface area contributed by atoms with Gasteiger partial charge < -0.3 is 10.2 Å². The molecule has 0 radical (unpaired) electrons. The molecule has 3 heteroatoms. The molecule has 1 rings (SSSR count). The van der Waals surface area contributed by atoms with Crippen LogP contribution in [0.3, 0.4) is 0 Å². The number of carbonyl (C=O) groups is 1. The Balaban J connectivity index is 2.70. The summed E-state index contributed by atoms with van der Waals surface area (Å²) in [6.45, 7) is 4.53. The van der Waals surface area contributed by atoms with E-state index in [1.165, 1.54) is 0 Å². The lowest BCUT2D eigenvalue weighted by molar-refractivity contribution is 0.199. The van der Waals surface area contributed by atoms with Gasteiger partial charge in [0.2, 0.25) is 0 Å². The van der Waals surface area contributed by atoms with Crippen molar-refractivity contribution in [2.75, 3.05) is 6.54 Å². The monoisotopic (exact) mass is 152 g/mol. The quantitative estimate of drug-likeness (QED) is 0.543. The summed E-state index contributed by atoms with van der Waals surface area (Å²) in [5.41, 5.74) is 0. The second-order valence-electron chi connectivity index (χ2n) is 2.78. The second kappa shape index (κ2) is 2.83. The van der Waals surface area contributed by atoms with Crippen molar-refractivity contribution in [2.24, 2.45) is 0 Å². The van der Waals surface area contributed by atoms with Gasteiger partial charge in [-0.25, -0.2) is 4.79 Å². The summed E-state index contributed by atoms with van der Waals surface area (Å²) in [5, 5.41) is 2.73. The van der Waals surface area contributed by atoms with Gasteiger partial charge in [-0.05, 0) is 13.8 Å². The molecule has 0 aromatic heterocycles. The molecule has 0 aliphatic carbocycles. The summed E-state index contributed by atoms with van der Waals surface area (Å²) < 4.78 is 0. The van der Waals surface area contributed by atoms with Gasteiger partial charge in [-0.2, -0.15) is 0 Å². The Morgan fingerprint density at radius 3 is 2.91 bits per heavy atom. The van der Waals surface area contributed by atoms with Gasteiger partial charge in [0.25, 0.3) is 0 Å². The maximum Gasteiger partial charge on any atom is 0.318 e. The molecule has 1 aliphatic rings. The fourth-order valence-corrected chi connectivity index (χ4v) is 1.26. The smallest absolute Gasteiger partial charge is 0.318 e. The molecular weight excluding hydrogens is 140 g/mol. The van der Waals surface area contributed by atoms with Gasteiger partial charge in [0.05, 0.1) is 6.04 Å². The normalized spacial score (nSPS) is 26.1. The van der Waals surface area contributed by atoms with Crippen molar-refractivity contribution in [1.29, 1.82) is 0 Å². The lowest BCUT2D eigenvalue weighted by atomic mass is 10.2. The molecule has 1 heterocycles. The van der Waals surface area contributed by atoms with Gasteiger partial charge in [-0.15, -0.1) is 6.42 Å². The fourth-order valence-electron chi connectivity index (χ4n) is 1.26. The molecule has 0 aromatic carbocycles. The van der Waals surface area contributed by atoms with Crippen LogP contribution in [-0.2, 0) is 0 Å². The first-order valence-electron chi connectivity index (χ1n) is 3.69. The average Bonchev–Trinajstić information content (AvgIpc) is 2.30. The van der Waals surface area contributed by atoms with Gasteiger partial charge in [0, 0.05) is 12.6 Å². The number of nitrogens with zero attached hydrogens (tertiary/aromatic N) is 1. The Kier molecular flexibility index (Phi) is 2.04. The van der Waals surface area contributed by atoms with Crippen LogP contribution in [0.4, 0.5) is 4.79 Å². The highest BCUT2D eigenvalue weighted by Crippen LogP contribution is 2.09. The number of hydrogen-bond donors (Lipinski definition) is 1. The van der Waals surface area contributed by atoms with Crippen LogP contribution in [0.25, 0.3) is 0 Å². The molecular formula is C8H12N2O. The minimum Gasteiger partial charge on any atom is -0.336 e. The number of nitrogens with one attached hydrogen (secondary N) is 1. The minimum atomic E-state index is -0.104. The number of hydrogen-bond acceptors (Lipinski definition) is 1. The van der Waals surface area contributed by atoms with E-state index in [0.29, 0.717) is 6.54 Å². The summed E-state index contributed by atoms with van der Waals surface area (Å²) in [4.78, 5) is 12.8. The van der Waals surface area contributed by atoms with Crippen LogP contribution in [0.1, 0.15) is 13.8 Å². The van der Waals surface area contributed by atoms with Gasteiger partial charge in [-0.1, -0.05) is 5.92 Å². The van der Waals surface area contributed by atoms with Crippen molar-refractivity contribution >= 4 is 6.03 Å². The second-order valence-corrected chi connectivity index (χ2v) is 2.78. The largest absolute Gasteiger partial charge is 0.336 e. The summed E-state index contributed by atoms with van der Waals surface area (Å²) >= 11 is 0. The molecule has 1 N–H and O–H groups in total. The third-order valence-electron chi connectivity index (χ3n) is 1.92. The number of terminal acetylenes is 1. The predicted molar refractivity (Wildman–Crippen MR) is 43.0 cm³/mol. The molecule has 3 nitrogen and oxygen atoms in total.